The van der Waals surface area contributed by atoms with Crippen molar-refractivity contribution in [3.63, 3.8) is 0 Å². The summed E-state index contributed by atoms with van der Waals surface area (Å²) in [5, 5.41) is 3.34. The molecule has 1 aromatic rings. The van der Waals surface area contributed by atoms with E-state index in [1.165, 1.54) is 6.92 Å². The molecule has 0 saturated heterocycles. The molecule has 1 N–H and O–H groups in total. The van der Waals surface area contributed by atoms with Crippen molar-refractivity contribution in [1.29, 1.82) is 0 Å². The Balaban J connectivity index is 2.41. The smallest absolute Gasteiger partial charge is 0.407 e. The predicted octanol–water partition coefficient (Wildman–Crippen LogP) is 3.26. The lowest BCUT2D eigenvalue weighted by atomic mass is 10.1. The highest BCUT2D eigenvalue weighted by Gasteiger charge is 2.16. The van der Waals surface area contributed by atoms with Gasteiger partial charge in [0.2, 0.25) is 5.91 Å². The van der Waals surface area contributed by atoms with Crippen LogP contribution < -0.4 is 5.32 Å². The molecule has 128 valence electrons. The lowest BCUT2D eigenvalue weighted by molar-refractivity contribution is -0.128. The van der Waals surface area contributed by atoms with E-state index < -0.39 is 11.7 Å². The number of carbonyl (C=O) groups excluding carboxylic acids is 2. The summed E-state index contributed by atoms with van der Waals surface area (Å²) in [5.74, 6) is -0.0296. The Morgan fingerprint density at radius 3 is 2.52 bits per heavy atom. The number of carbonyl (C=O) groups is 2. The van der Waals surface area contributed by atoms with Crippen molar-refractivity contribution in [3.8, 4) is 0 Å². The van der Waals surface area contributed by atoms with E-state index in [9.17, 15) is 9.59 Å². The van der Waals surface area contributed by atoms with E-state index in [0.717, 1.165) is 5.56 Å². The number of nitrogens with one attached hydrogen (secondary N) is 1. The largest absolute Gasteiger partial charge is 0.444 e. The van der Waals surface area contributed by atoms with Gasteiger partial charge in [-0.25, -0.2) is 4.79 Å². The summed E-state index contributed by atoms with van der Waals surface area (Å²) >= 11 is 5.95. The molecule has 1 aromatic carbocycles. The van der Waals surface area contributed by atoms with E-state index in [4.69, 9.17) is 16.3 Å². The summed E-state index contributed by atoms with van der Waals surface area (Å²) in [4.78, 5) is 25.0. The number of nitrogens with zero attached hydrogens (tertiary/aromatic N) is 1. The molecule has 0 aromatic heterocycles. The third kappa shape index (κ3) is 8.45. The highest BCUT2D eigenvalue weighted by atomic mass is 35.5. The fraction of sp³-hybridized carbons (Fsp3) is 0.529. The zero-order valence-electron chi connectivity index (χ0n) is 14.2. The van der Waals surface area contributed by atoms with Crippen LogP contribution in [0.2, 0.25) is 5.02 Å². The Hall–Kier alpha value is -1.75. The number of halogens is 1. The minimum atomic E-state index is -0.531. The molecule has 0 aliphatic carbocycles. The maximum Gasteiger partial charge on any atom is 0.407 e. The average molecular weight is 341 g/mol. The molecular formula is C17H25ClN2O3. The summed E-state index contributed by atoms with van der Waals surface area (Å²) < 4.78 is 5.15. The number of amides is 2. The Morgan fingerprint density at radius 1 is 1.26 bits per heavy atom. The van der Waals surface area contributed by atoms with E-state index in [2.05, 4.69) is 5.32 Å². The number of hydrogen-bond acceptors (Lipinski definition) is 3. The molecule has 0 spiro atoms. The first-order valence-corrected chi connectivity index (χ1v) is 8.02. The Labute approximate surface area is 142 Å². The molecule has 0 radical (unpaired) electrons. The van der Waals surface area contributed by atoms with Crippen LogP contribution in [0.3, 0.4) is 0 Å². The first kappa shape index (κ1) is 19.3. The van der Waals surface area contributed by atoms with Crippen LogP contribution in [0, 0.1) is 0 Å². The monoisotopic (exact) mass is 340 g/mol. The van der Waals surface area contributed by atoms with Gasteiger partial charge in [-0.3, -0.25) is 4.79 Å². The molecule has 23 heavy (non-hydrogen) atoms. The summed E-state index contributed by atoms with van der Waals surface area (Å²) in [7, 11) is 0. The highest BCUT2D eigenvalue weighted by molar-refractivity contribution is 6.30. The number of alkyl carbamates (subject to hydrolysis) is 1. The normalized spacial score (nSPS) is 11.0. The third-order valence-electron chi connectivity index (χ3n) is 3.05. The van der Waals surface area contributed by atoms with Crippen LogP contribution in [0.1, 0.15) is 33.3 Å². The molecule has 0 saturated carbocycles. The van der Waals surface area contributed by atoms with Crippen molar-refractivity contribution in [3.05, 3.63) is 34.9 Å². The maximum absolute atomic E-state index is 11.7. The molecule has 0 heterocycles. The molecule has 6 heteroatoms. The predicted molar refractivity (Wildman–Crippen MR) is 91.6 cm³/mol. The van der Waals surface area contributed by atoms with Crippen molar-refractivity contribution in [1.82, 2.24) is 10.2 Å². The van der Waals surface area contributed by atoms with Crippen molar-refractivity contribution >= 4 is 23.6 Å². The molecule has 1 rings (SSSR count). The zero-order valence-corrected chi connectivity index (χ0v) is 14.9. The summed E-state index contributed by atoms with van der Waals surface area (Å²) in [6.07, 6.45) is 0.239. The van der Waals surface area contributed by atoms with Gasteiger partial charge in [0.05, 0.1) is 0 Å². The van der Waals surface area contributed by atoms with Gasteiger partial charge in [-0.2, -0.15) is 0 Å². The van der Waals surface area contributed by atoms with Crippen LogP contribution in [0.25, 0.3) is 0 Å². The number of hydrogen-bond donors (Lipinski definition) is 1. The van der Waals surface area contributed by atoms with Crippen molar-refractivity contribution < 1.29 is 14.3 Å². The summed E-state index contributed by atoms with van der Waals surface area (Å²) in [6, 6.07) is 7.57. The second-order valence-corrected chi connectivity index (χ2v) is 6.75. The van der Waals surface area contributed by atoms with Gasteiger partial charge >= 0.3 is 6.09 Å². The van der Waals surface area contributed by atoms with Gasteiger partial charge in [0.1, 0.15) is 5.60 Å². The summed E-state index contributed by atoms with van der Waals surface area (Å²) in [5.41, 5.74) is 0.542. The van der Waals surface area contributed by atoms with Crippen LogP contribution >= 0.6 is 11.6 Å². The highest BCUT2D eigenvalue weighted by Crippen LogP contribution is 2.11. The van der Waals surface area contributed by atoms with Gasteiger partial charge in [0, 0.05) is 31.6 Å². The Morgan fingerprint density at radius 2 is 1.96 bits per heavy atom. The zero-order chi connectivity index (χ0) is 17.5. The first-order chi connectivity index (χ1) is 10.7. The fourth-order valence-electron chi connectivity index (χ4n) is 1.99. The van der Waals surface area contributed by atoms with Crippen LogP contribution in [-0.2, 0) is 16.0 Å². The third-order valence-corrected chi connectivity index (χ3v) is 3.29. The molecule has 0 bridgehead atoms. The molecule has 0 unspecified atom stereocenters. The molecule has 5 nitrogen and oxygen atoms in total. The second-order valence-electron chi connectivity index (χ2n) is 6.31. The van der Waals surface area contributed by atoms with Gasteiger partial charge in [-0.1, -0.05) is 23.7 Å². The van der Waals surface area contributed by atoms with Gasteiger partial charge in [0.25, 0.3) is 0 Å². The SMILES string of the molecule is CC(=O)N(CCNC(=O)OC(C)(C)C)CCc1cccc(Cl)c1. The minimum Gasteiger partial charge on any atom is -0.444 e. The number of rotatable bonds is 6. The lowest BCUT2D eigenvalue weighted by Crippen LogP contribution is -2.40. The van der Waals surface area contributed by atoms with Crippen LogP contribution in [0.15, 0.2) is 24.3 Å². The first-order valence-electron chi connectivity index (χ1n) is 7.64. The van der Waals surface area contributed by atoms with Gasteiger partial charge < -0.3 is 15.0 Å². The van der Waals surface area contributed by atoms with E-state index in [1.807, 2.05) is 24.3 Å². The molecule has 0 atom stereocenters. The topological polar surface area (TPSA) is 58.6 Å². The van der Waals surface area contributed by atoms with Gasteiger partial charge in [0.15, 0.2) is 0 Å². The molecule has 2 amide bonds. The quantitative estimate of drug-likeness (QED) is 0.864. The Kier molecular flexibility index (Phi) is 7.36. The Bertz CT molecular complexity index is 541. The second kappa shape index (κ2) is 8.77. The maximum atomic E-state index is 11.7. The molecule has 0 aliphatic heterocycles. The van der Waals surface area contributed by atoms with Crippen molar-refractivity contribution in [2.24, 2.45) is 0 Å². The van der Waals surface area contributed by atoms with E-state index in [-0.39, 0.29) is 5.91 Å². The van der Waals surface area contributed by atoms with E-state index in [1.54, 1.807) is 25.7 Å². The number of ether oxygens (including phenoxy) is 1. The minimum absolute atomic E-state index is 0.0296. The van der Waals surface area contributed by atoms with Crippen LogP contribution in [0.4, 0.5) is 4.79 Å². The van der Waals surface area contributed by atoms with E-state index in [0.29, 0.717) is 31.1 Å². The van der Waals surface area contributed by atoms with Crippen molar-refractivity contribution in [2.45, 2.75) is 39.7 Å². The standard InChI is InChI=1S/C17H25ClN2O3/c1-13(21)20(10-8-14-6-5-7-15(18)12-14)11-9-19-16(22)23-17(2,3)4/h5-7,12H,8-11H2,1-4H3,(H,19,22). The molecule has 0 fully saturated rings. The van der Waals surface area contributed by atoms with Crippen LogP contribution in [-0.4, -0.2) is 42.1 Å². The molecule has 0 aliphatic rings. The molecular weight excluding hydrogens is 316 g/mol. The number of benzene rings is 1. The lowest BCUT2D eigenvalue weighted by Gasteiger charge is -2.23. The summed E-state index contributed by atoms with van der Waals surface area (Å²) in [6.45, 7) is 8.30. The van der Waals surface area contributed by atoms with Gasteiger partial charge in [-0.05, 0) is 44.9 Å². The van der Waals surface area contributed by atoms with Gasteiger partial charge in [-0.15, -0.1) is 0 Å². The fourth-order valence-corrected chi connectivity index (χ4v) is 2.20. The van der Waals surface area contributed by atoms with Crippen LogP contribution in [0.5, 0.6) is 0 Å². The van der Waals surface area contributed by atoms with Crippen molar-refractivity contribution in [2.75, 3.05) is 19.6 Å². The van der Waals surface area contributed by atoms with E-state index >= 15 is 0 Å². The average Bonchev–Trinajstić information content (AvgIpc) is 2.40.